The number of nitro benzene ring substituents is 1. The molecule has 0 bridgehead atoms. The molecule has 1 aromatic carbocycles. The number of carbonyl (C=O) groups is 3. The normalized spacial score (nSPS) is 19.3. The van der Waals surface area contributed by atoms with Gasteiger partial charge in [-0.2, -0.15) is 0 Å². The number of oxime groups is 1. The Morgan fingerprint density at radius 1 is 1.39 bits per heavy atom. The van der Waals surface area contributed by atoms with Crippen molar-refractivity contribution >= 4 is 57.4 Å². The lowest BCUT2D eigenvalue weighted by atomic mass is 10.0. The molecular weight excluding hydrogens is 516 g/mol. The van der Waals surface area contributed by atoms with Crippen LogP contribution in [-0.2, 0) is 30.6 Å². The molecule has 4 rings (SSSR count). The summed E-state index contributed by atoms with van der Waals surface area (Å²) in [4.78, 5) is 57.7. The van der Waals surface area contributed by atoms with Crippen LogP contribution in [0.25, 0.3) is 0 Å². The number of nitrogens with zero attached hydrogens (tertiary/aromatic N) is 4. The second-order valence-electron chi connectivity index (χ2n) is 7.34. The molecule has 4 N–H and O–H groups in total. The number of anilines is 1. The zero-order chi connectivity index (χ0) is 26.0. The van der Waals surface area contributed by atoms with Crippen LogP contribution in [0.5, 0.6) is 0 Å². The van der Waals surface area contributed by atoms with Gasteiger partial charge in [-0.05, 0) is 17.7 Å². The van der Waals surface area contributed by atoms with Crippen molar-refractivity contribution in [3.63, 3.8) is 0 Å². The van der Waals surface area contributed by atoms with Crippen molar-refractivity contribution in [1.29, 1.82) is 0 Å². The highest BCUT2D eigenvalue weighted by molar-refractivity contribution is 8.00. The average molecular weight is 535 g/mol. The zero-order valence-corrected chi connectivity index (χ0v) is 20.1. The Morgan fingerprint density at radius 3 is 2.69 bits per heavy atom. The van der Waals surface area contributed by atoms with Crippen molar-refractivity contribution in [3.8, 4) is 0 Å². The van der Waals surface area contributed by atoms with Crippen molar-refractivity contribution in [2.45, 2.75) is 18.0 Å². The van der Waals surface area contributed by atoms with Crippen molar-refractivity contribution in [2.24, 2.45) is 5.16 Å². The molecule has 36 heavy (non-hydrogen) atoms. The molecular formula is C20H18N6O8S2. The van der Waals surface area contributed by atoms with Crippen LogP contribution in [0.1, 0.15) is 11.3 Å². The minimum atomic E-state index is -1.36. The van der Waals surface area contributed by atoms with Crippen molar-refractivity contribution in [1.82, 2.24) is 15.2 Å². The molecule has 0 unspecified atom stereocenters. The molecule has 0 spiro atoms. The Bertz CT molecular complexity index is 1290. The summed E-state index contributed by atoms with van der Waals surface area (Å²) in [5.41, 5.74) is 5.77. The number of thioether (sulfide) groups is 1. The Labute approximate surface area is 210 Å². The second-order valence-corrected chi connectivity index (χ2v) is 9.34. The second kappa shape index (κ2) is 10.2. The summed E-state index contributed by atoms with van der Waals surface area (Å²) < 4.78 is 5.66. The number of thiazole rings is 1. The number of hydrogen-bond acceptors (Lipinski definition) is 12. The van der Waals surface area contributed by atoms with E-state index in [9.17, 15) is 29.6 Å². The number of amides is 2. The van der Waals surface area contributed by atoms with Crippen molar-refractivity contribution in [2.75, 3.05) is 18.6 Å². The summed E-state index contributed by atoms with van der Waals surface area (Å²) in [5, 5.41) is 27.8. The molecule has 0 saturated carbocycles. The van der Waals surface area contributed by atoms with Gasteiger partial charge in [-0.3, -0.25) is 24.6 Å². The van der Waals surface area contributed by atoms with Gasteiger partial charge in [-0.25, -0.2) is 9.78 Å². The molecule has 1 saturated heterocycles. The highest BCUT2D eigenvalue weighted by Gasteiger charge is 2.55. The van der Waals surface area contributed by atoms with Gasteiger partial charge >= 0.3 is 5.97 Å². The number of fused-ring (bicyclic) bond motifs is 1. The molecule has 1 fully saturated rings. The van der Waals surface area contributed by atoms with Crippen molar-refractivity contribution in [3.05, 3.63) is 62.5 Å². The van der Waals surface area contributed by atoms with Gasteiger partial charge in [0.05, 0.1) is 10.7 Å². The number of ether oxygens (including phenoxy) is 1. The van der Waals surface area contributed by atoms with Crippen molar-refractivity contribution < 1.29 is 34.0 Å². The van der Waals surface area contributed by atoms with Crippen LogP contribution in [-0.4, -0.2) is 67.7 Å². The van der Waals surface area contributed by atoms with Gasteiger partial charge in [0, 0.05) is 17.5 Å². The highest BCUT2D eigenvalue weighted by atomic mass is 32.2. The average Bonchev–Trinajstić information content (AvgIpc) is 3.29. The predicted molar refractivity (Wildman–Crippen MR) is 128 cm³/mol. The van der Waals surface area contributed by atoms with E-state index < -0.39 is 34.1 Å². The molecule has 2 amide bonds. The lowest BCUT2D eigenvalue weighted by Crippen LogP contribution is -2.71. The molecule has 2 aliphatic rings. The third-order valence-electron chi connectivity index (χ3n) is 5.14. The maximum Gasteiger partial charge on any atom is 0.356 e. The maximum atomic E-state index is 12.9. The fraction of sp³-hybridized carbons (Fsp3) is 0.250. The van der Waals surface area contributed by atoms with Crippen LogP contribution >= 0.6 is 23.1 Å². The lowest BCUT2D eigenvalue weighted by Gasteiger charge is -2.48. The molecule has 0 radical (unpaired) electrons. The number of carboxylic acids is 1. The van der Waals surface area contributed by atoms with Crippen LogP contribution in [0.2, 0.25) is 0 Å². The molecule has 2 atom stereocenters. The number of aromatic nitrogens is 1. The van der Waals surface area contributed by atoms with Gasteiger partial charge in [-0.15, -0.1) is 23.1 Å². The SMILES string of the molecule is CO/N=C(\C(=O)N[C@@H]1C(=O)N2C(C(=O)O)=C(OCc3ccc([N+](=O)[O-])cc3)CS[C@@H]12)c1csc(N)n1. The third-order valence-corrected chi connectivity index (χ3v) is 7.07. The first kappa shape index (κ1) is 24.9. The summed E-state index contributed by atoms with van der Waals surface area (Å²) in [6.45, 7) is -0.0505. The molecule has 3 heterocycles. The highest BCUT2D eigenvalue weighted by Crippen LogP contribution is 2.40. The number of β-lactam (4-membered cyclic amide) rings is 1. The molecule has 0 aliphatic carbocycles. The van der Waals surface area contributed by atoms with E-state index in [0.29, 0.717) is 5.56 Å². The Balaban J connectivity index is 1.47. The first-order valence-electron chi connectivity index (χ1n) is 10.1. The van der Waals surface area contributed by atoms with E-state index >= 15 is 0 Å². The summed E-state index contributed by atoms with van der Waals surface area (Å²) in [5.74, 6) is -2.54. The molecule has 16 heteroatoms. The van der Waals surface area contributed by atoms with Crippen LogP contribution < -0.4 is 11.1 Å². The van der Waals surface area contributed by atoms with Gasteiger partial charge in [-0.1, -0.05) is 5.16 Å². The largest absolute Gasteiger partial charge is 0.490 e. The number of nitro groups is 1. The van der Waals surface area contributed by atoms with E-state index in [-0.39, 0.29) is 46.0 Å². The number of nitrogen functional groups attached to an aromatic ring is 1. The number of hydrogen-bond donors (Lipinski definition) is 3. The maximum absolute atomic E-state index is 12.9. The number of nitrogens with one attached hydrogen (secondary N) is 1. The van der Waals surface area contributed by atoms with Gasteiger partial charge in [0.15, 0.2) is 16.5 Å². The Hall–Kier alpha value is -4.18. The predicted octanol–water partition coefficient (Wildman–Crippen LogP) is 0.897. The zero-order valence-electron chi connectivity index (χ0n) is 18.4. The van der Waals surface area contributed by atoms with Crippen LogP contribution in [0.3, 0.4) is 0 Å². The summed E-state index contributed by atoms with van der Waals surface area (Å²) in [6, 6.07) is 4.60. The number of nitrogens with two attached hydrogens (primary N) is 1. The van der Waals surface area contributed by atoms with E-state index in [2.05, 4.69) is 15.5 Å². The first-order chi connectivity index (χ1) is 17.2. The van der Waals surface area contributed by atoms with E-state index in [4.69, 9.17) is 15.3 Å². The van der Waals surface area contributed by atoms with Crippen LogP contribution in [0.15, 0.2) is 46.3 Å². The first-order valence-corrected chi connectivity index (χ1v) is 12.0. The quantitative estimate of drug-likeness (QED) is 0.179. The number of non-ortho nitro benzene ring substituents is 1. The smallest absolute Gasteiger partial charge is 0.356 e. The van der Waals surface area contributed by atoms with Crippen LogP contribution in [0, 0.1) is 10.1 Å². The van der Waals surface area contributed by atoms with E-state index in [1.54, 1.807) is 0 Å². The minimum absolute atomic E-state index is 0.0505. The fourth-order valence-electron chi connectivity index (χ4n) is 3.49. The summed E-state index contributed by atoms with van der Waals surface area (Å²) in [6.07, 6.45) is 0. The topological polar surface area (TPSA) is 200 Å². The third kappa shape index (κ3) is 4.80. The van der Waals surface area contributed by atoms with Crippen LogP contribution in [0.4, 0.5) is 10.8 Å². The van der Waals surface area contributed by atoms with E-state index in [1.807, 2.05) is 0 Å². The standard InChI is InChI=1S/C20H18N6O8S2/c1-33-24-13(11-7-36-20(21)22-11)16(27)23-14-17(28)25-15(19(29)30)12(8-35-18(14)25)34-6-9-2-4-10(5-3-9)26(31)32/h2-5,7,14,18H,6,8H2,1H3,(H2,21,22)(H,23,27)(H,29,30)/b24-13-/t14-,18+/m1/s1. The summed E-state index contributed by atoms with van der Waals surface area (Å²) >= 11 is 2.31. The monoisotopic (exact) mass is 534 g/mol. The molecule has 188 valence electrons. The lowest BCUT2D eigenvalue weighted by molar-refractivity contribution is -0.384. The van der Waals surface area contributed by atoms with Gasteiger partial charge in [0.25, 0.3) is 17.5 Å². The number of carbonyl (C=O) groups excluding carboxylic acids is 2. The molecule has 2 aliphatic heterocycles. The fourth-order valence-corrected chi connectivity index (χ4v) is 5.31. The minimum Gasteiger partial charge on any atom is -0.490 e. The number of aliphatic carboxylic acids is 1. The van der Waals surface area contributed by atoms with Gasteiger partial charge < -0.3 is 25.7 Å². The Kier molecular flexibility index (Phi) is 7.07. The van der Waals surface area contributed by atoms with Gasteiger partial charge in [0.1, 0.15) is 36.6 Å². The molecule has 1 aromatic heterocycles. The number of carboxylic acid groups (broad SMARTS) is 1. The number of rotatable bonds is 9. The van der Waals surface area contributed by atoms with E-state index in [1.165, 1.54) is 48.5 Å². The van der Waals surface area contributed by atoms with Gasteiger partial charge in [0.2, 0.25) is 0 Å². The Morgan fingerprint density at radius 2 is 2.11 bits per heavy atom. The number of benzene rings is 1. The van der Waals surface area contributed by atoms with E-state index in [0.717, 1.165) is 16.2 Å². The molecule has 14 nitrogen and oxygen atoms in total. The summed E-state index contributed by atoms with van der Waals surface area (Å²) in [7, 11) is 1.25. The molecule has 2 aromatic rings.